The molecule has 1 fully saturated rings. The van der Waals surface area contributed by atoms with Gasteiger partial charge in [0.2, 0.25) is 17.7 Å². The lowest BCUT2D eigenvalue weighted by atomic mass is 10.0. The number of anilines is 1. The zero-order valence-electron chi connectivity index (χ0n) is 11.9. The maximum atomic E-state index is 5.13. The number of nitrogens with one attached hydrogen (secondary N) is 1. The van der Waals surface area contributed by atoms with Gasteiger partial charge in [-0.1, -0.05) is 27.7 Å². The van der Waals surface area contributed by atoms with Gasteiger partial charge in [0.15, 0.2) is 0 Å². The molecule has 1 saturated carbocycles. The summed E-state index contributed by atoms with van der Waals surface area (Å²) in [5, 5.41) is 3.36. The maximum Gasteiger partial charge on any atom is 0.229 e. The van der Waals surface area contributed by atoms with Crippen molar-refractivity contribution < 1.29 is 9.47 Å². The molecule has 1 aliphatic carbocycles. The second kappa shape index (κ2) is 4.00. The Balaban J connectivity index is 2.20. The van der Waals surface area contributed by atoms with Crippen molar-refractivity contribution in [1.29, 1.82) is 0 Å². The van der Waals surface area contributed by atoms with Gasteiger partial charge in [0.1, 0.15) is 0 Å². The number of rotatable bonds is 4. The van der Waals surface area contributed by atoms with E-state index in [9.17, 15) is 0 Å². The standard InChI is InChI=1S/C13H21N3O2/c1-12(2)10(13(12,3)4)16-11-14-8(17-5)7-9(15-11)18-6/h7,10H,1-6H3,(H,14,15,16). The molecule has 0 unspecified atom stereocenters. The topological polar surface area (TPSA) is 56.3 Å². The number of ether oxygens (including phenoxy) is 2. The third-order valence-corrected chi connectivity index (χ3v) is 4.39. The van der Waals surface area contributed by atoms with E-state index in [-0.39, 0.29) is 10.8 Å². The summed E-state index contributed by atoms with van der Waals surface area (Å²) >= 11 is 0. The van der Waals surface area contributed by atoms with Crippen molar-refractivity contribution in [2.75, 3.05) is 19.5 Å². The third-order valence-electron chi connectivity index (χ3n) is 4.39. The molecule has 100 valence electrons. The predicted molar refractivity (Wildman–Crippen MR) is 70.1 cm³/mol. The second-order valence-corrected chi connectivity index (χ2v) is 5.80. The molecule has 0 atom stereocenters. The van der Waals surface area contributed by atoms with Gasteiger partial charge in [0.05, 0.1) is 20.3 Å². The van der Waals surface area contributed by atoms with Gasteiger partial charge >= 0.3 is 0 Å². The van der Waals surface area contributed by atoms with Gasteiger partial charge in [-0.2, -0.15) is 9.97 Å². The molecule has 1 heterocycles. The lowest BCUT2D eigenvalue weighted by molar-refractivity contribution is 0.372. The molecule has 0 aliphatic heterocycles. The van der Waals surface area contributed by atoms with Crippen LogP contribution in [0.4, 0.5) is 5.95 Å². The van der Waals surface area contributed by atoms with E-state index in [0.29, 0.717) is 23.8 Å². The number of hydrogen-bond donors (Lipinski definition) is 1. The summed E-state index contributed by atoms with van der Waals surface area (Å²) in [5.41, 5.74) is 0.458. The summed E-state index contributed by atoms with van der Waals surface area (Å²) < 4.78 is 10.3. The van der Waals surface area contributed by atoms with E-state index in [2.05, 4.69) is 43.0 Å². The van der Waals surface area contributed by atoms with E-state index in [0.717, 1.165) is 0 Å². The average molecular weight is 251 g/mol. The van der Waals surface area contributed by atoms with Gasteiger partial charge in [-0.3, -0.25) is 0 Å². The van der Waals surface area contributed by atoms with Gasteiger partial charge in [0, 0.05) is 6.04 Å². The fraction of sp³-hybridized carbons (Fsp3) is 0.692. The zero-order valence-corrected chi connectivity index (χ0v) is 11.9. The molecule has 2 rings (SSSR count). The normalized spacial score (nSPS) is 20.3. The van der Waals surface area contributed by atoms with Crippen LogP contribution in [0.1, 0.15) is 27.7 Å². The first kappa shape index (κ1) is 12.9. The van der Waals surface area contributed by atoms with Crippen molar-refractivity contribution in [2.45, 2.75) is 33.7 Å². The Morgan fingerprint density at radius 1 is 1.00 bits per heavy atom. The number of aromatic nitrogens is 2. The molecule has 0 aromatic carbocycles. The maximum absolute atomic E-state index is 5.13. The van der Waals surface area contributed by atoms with Crippen LogP contribution in [0.15, 0.2) is 6.07 Å². The van der Waals surface area contributed by atoms with Crippen LogP contribution < -0.4 is 14.8 Å². The van der Waals surface area contributed by atoms with Crippen LogP contribution in [-0.4, -0.2) is 30.2 Å². The van der Waals surface area contributed by atoms with Crippen molar-refractivity contribution in [3.8, 4) is 11.8 Å². The van der Waals surface area contributed by atoms with E-state index in [1.165, 1.54) is 0 Å². The van der Waals surface area contributed by atoms with E-state index in [4.69, 9.17) is 9.47 Å². The van der Waals surface area contributed by atoms with Crippen LogP contribution in [-0.2, 0) is 0 Å². The van der Waals surface area contributed by atoms with Crippen molar-refractivity contribution in [3.63, 3.8) is 0 Å². The van der Waals surface area contributed by atoms with Crippen LogP contribution in [0.5, 0.6) is 11.8 Å². The van der Waals surface area contributed by atoms with Gasteiger partial charge in [-0.05, 0) is 10.8 Å². The van der Waals surface area contributed by atoms with Crippen molar-refractivity contribution in [3.05, 3.63) is 6.07 Å². The third kappa shape index (κ3) is 1.87. The highest BCUT2D eigenvalue weighted by molar-refractivity contribution is 5.40. The fourth-order valence-electron chi connectivity index (χ4n) is 2.36. The number of hydrogen-bond acceptors (Lipinski definition) is 5. The zero-order chi connectivity index (χ0) is 13.6. The highest BCUT2D eigenvalue weighted by Crippen LogP contribution is 2.63. The fourth-order valence-corrected chi connectivity index (χ4v) is 2.36. The summed E-state index contributed by atoms with van der Waals surface area (Å²) in [6.07, 6.45) is 0. The smallest absolute Gasteiger partial charge is 0.229 e. The summed E-state index contributed by atoms with van der Waals surface area (Å²) in [4.78, 5) is 8.57. The molecule has 1 aromatic heterocycles. The van der Waals surface area contributed by atoms with E-state index in [1.807, 2.05) is 0 Å². The first-order valence-corrected chi connectivity index (χ1v) is 6.06. The second-order valence-electron chi connectivity index (χ2n) is 5.80. The Morgan fingerprint density at radius 3 is 1.78 bits per heavy atom. The van der Waals surface area contributed by atoms with E-state index in [1.54, 1.807) is 20.3 Å². The van der Waals surface area contributed by atoms with Gasteiger partial charge < -0.3 is 14.8 Å². The van der Waals surface area contributed by atoms with Crippen LogP contribution in [0, 0.1) is 10.8 Å². The minimum atomic E-state index is 0.229. The highest BCUT2D eigenvalue weighted by atomic mass is 16.5. The largest absolute Gasteiger partial charge is 0.481 e. The van der Waals surface area contributed by atoms with Crippen molar-refractivity contribution >= 4 is 5.95 Å². The predicted octanol–water partition coefficient (Wildman–Crippen LogP) is 2.34. The molecule has 1 aliphatic rings. The van der Waals surface area contributed by atoms with Gasteiger partial charge in [0.25, 0.3) is 0 Å². The molecule has 0 spiro atoms. The van der Waals surface area contributed by atoms with E-state index < -0.39 is 0 Å². The minimum absolute atomic E-state index is 0.229. The monoisotopic (exact) mass is 251 g/mol. The van der Waals surface area contributed by atoms with E-state index >= 15 is 0 Å². The number of methoxy groups -OCH3 is 2. The van der Waals surface area contributed by atoms with Gasteiger partial charge in [-0.25, -0.2) is 0 Å². The summed E-state index contributed by atoms with van der Waals surface area (Å²) in [7, 11) is 3.16. The summed E-state index contributed by atoms with van der Waals surface area (Å²) in [6.45, 7) is 8.95. The molecule has 0 radical (unpaired) electrons. The molecule has 0 bridgehead atoms. The van der Waals surface area contributed by atoms with Crippen molar-refractivity contribution in [2.24, 2.45) is 10.8 Å². The number of nitrogens with zero attached hydrogens (tertiary/aromatic N) is 2. The Hall–Kier alpha value is -1.52. The summed E-state index contributed by atoms with van der Waals surface area (Å²) in [6, 6.07) is 2.01. The quantitative estimate of drug-likeness (QED) is 0.890. The molecule has 1 aromatic rings. The van der Waals surface area contributed by atoms with Gasteiger partial charge in [-0.15, -0.1) is 0 Å². The average Bonchev–Trinajstić information content (AvgIpc) is 2.71. The first-order valence-electron chi connectivity index (χ1n) is 6.06. The molecule has 5 nitrogen and oxygen atoms in total. The molecule has 18 heavy (non-hydrogen) atoms. The Kier molecular flexibility index (Phi) is 2.87. The Morgan fingerprint density at radius 2 is 1.44 bits per heavy atom. The molecule has 0 saturated heterocycles. The van der Waals surface area contributed by atoms with Crippen LogP contribution in [0.3, 0.4) is 0 Å². The summed E-state index contributed by atoms with van der Waals surface area (Å²) in [5.74, 6) is 1.55. The molecule has 1 N–H and O–H groups in total. The molecule has 0 amide bonds. The van der Waals surface area contributed by atoms with Crippen LogP contribution in [0.2, 0.25) is 0 Å². The molecular weight excluding hydrogens is 230 g/mol. The molecular formula is C13H21N3O2. The SMILES string of the molecule is COc1cc(OC)nc(NC2C(C)(C)C2(C)C)n1. The first-order chi connectivity index (χ1) is 8.32. The lowest BCUT2D eigenvalue weighted by Gasteiger charge is -2.09. The van der Waals surface area contributed by atoms with Crippen LogP contribution in [0.25, 0.3) is 0 Å². The van der Waals surface area contributed by atoms with Crippen molar-refractivity contribution in [1.82, 2.24) is 9.97 Å². The minimum Gasteiger partial charge on any atom is -0.481 e. The highest BCUT2D eigenvalue weighted by Gasteiger charge is 2.65. The van der Waals surface area contributed by atoms with Crippen LogP contribution >= 0.6 is 0 Å². The Labute approximate surface area is 108 Å². The molecule has 5 heteroatoms. The lowest BCUT2D eigenvalue weighted by Crippen LogP contribution is -2.13. The Bertz CT molecular complexity index is 421.